The Morgan fingerprint density at radius 2 is 1.91 bits per heavy atom. The molecule has 7 nitrogen and oxygen atoms in total. The average molecular weight is 486 g/mol. The lowest BCUT2D eigenvalue weighted by atomic mass is 9.98. The molecule has 1 amide bonds. The minimum Gasteiger partial charge on any atom is -0.480 e. The third kappa shape index (κ3) is 4.52. The molecule has 1 aromatic carbocycles. The van der Waals surface area contributed by atoms with Crippen LogP contribution in [-0.4, -0.2) is 39.6 Å². The lowest BCUT2D eigenvalue weighted by Gasteiger charge is -2.19. The molecule has 1 N–H and O–H groups in total. The van der Waals surface area contributed by atoms with Crippen molar-refractivity contribution in [2.45, 2.75) is 46.0 Å². The quantitative estimate of drug-likeness (QED) is 0.497. The number of amides is 1. The van der Waals surface area contributed by atoms with Crippen molar-refractivity contribution in [3.63, 3.8) is 0 Å². The third-order valence-electron chi connectivity index (χ3n) is 6.08. The van der Waals surface area contributed by atoms with Crippen LogP contribution in [0.2, 0.25) is 0 Å². The fourth-order valence-electron chi connectivity index (χ4n) is 4.13. The van der Waals surface area contributed by atoms with Crippen LogP contribution in [0.1, 0.15) is 60.8 Å². The van der Waals surface area contributed by atoms with Gasteiger partial charge in [-0.2, -0.15) is 0 Å². The molecule has 3 heterocycles. The normalized spacial score (nSPS) is 14.2. The lowest BCUT2D eigenvalue weighted by Crippen LogP contribution is -2.22. The zero-order chi connectivity index (χ0) is 25.5. The Bertz CT molecular complexity index is 1290. The molecule has 0 saturated carbocycles. The van der Waals surface area contributed by atoms with Crippen molar-refractivity contribution in [2.24, 2.45) is 0 Å². The largest absolute Gasteiger partial charge is 0.480 e. The number of fused-ring (bicyclic) bond motifs is 1. The predicted molar refractivity (Wildman–Crippen MR) is 125 cm³/mol. The summed E-state index contributed by atoms with van der Waals surface area (Å²) in [4.78, 5) is 18.4. The second-order valence-electron chi connectivity index (χ2n) is 8.85. The van der Waals surface area contributed by atoms with E-state index in [0.717, 1.165) is 17.7 Å². The first-order valence-corrected chi connectivity index (χ1v) is 11.2. The van der Waals surface area contributed by atoms with E-state index in [-0.39, 0.29) is 34.2 Å². The van der Waals surface area contributed by atoms with Gasteiger partial charge in [-0.15, -0.1) is 10.2 Å². The standard InChI is InChI=1S/C25H26F3N5O2/c1-6-33-12-17-14(24(33)34)7-8-29-22(17)30-13(2)15-9-20(27)16(10-19(15)26)21-11-18(25(3,4)28)23(35-5)32-31-21/h7-11,13H,6,12H2,1-5H3,(H,29,30). The number of alkyl halides is 1. The molecule has 4 rings (SSSR count). The summed E-state index contributed by atoms with van der Waals surface area (Å²) in [5, 5.41) is 10.8. The highest BCUT2D eigenvalue weighted by Gasteiger charge is 2.30. The van der Waals surface area contributed by atoms with Gasteiger partial charge in [-0.05, 0) is 52.0 Å². The van der Waals surface area contributed by atoms with Gasteiger partial charge in [0.1, 0.15) is 23.1 Å². The van der Waals surface area contributed by atoms with E-state index in [0.29, 0.717) is 24.5 Å². The van der Waals surface area contributed by atoms with Crippen LogP contribution in [-0.2, 0) is 12.2 Å². The first-order valence-electron chi connectivity index (χ1n) is 11.2. The molecule has 0 bridgehead atoms. The van der Waals surface area contributed by atoms with Crippen molar-refractivity contribution < 1.29 is 22.7 Å². The highest BCUT2D eigenvalue weighted by Crippen LogP contribution is 2.36. The number of hydrogen-bond donors (Lipinski definition) is 1. The van der Waals surface area contributed by atoms with E-state index in [1.54, 1.807) is 17.9 Å². The maximum atomic E-state index is 15.2. The maximum absolute atomic E-state index is 15.2. The first-order chi connectivity index (χ1) is 16.5. The molecule has 1 aliphatic heterocycles. The average Bonchev–Trinajstić information content (AvgIpc) is 3.16. The number of pyridine rings is 1. The van der Waals surface area contributed by atoms with Gasteiger partial charge in [-0.25, -0.2) is 18.2 Å². The fraction of sp³-hybridized carbons (Fsp3) is 0.360. The SMILES string of the molecule is CCN1Cc2c(ccnc2NC(C)c2cc(F)c(-c3cc(C(C)(C)F)c(OC)nn3)cc2F)C1=O. The smallest absolute Gasteiger partial charge is 0.254 e. The Morgan fingerprint density at radius 1 is 1.17 bits per heavy atom. The Morgan fingerprint density at radius 3 is 2.57 bits per heavy atom. The van der Waals surface area contributed by atoms with Gasteiger partial charge in [0.15, 0.2) is 0 Å². The molecule has 0 fully saturated rings. The van der Waals surface area contributed by atoms with Crippen molar-refractivity contribution in [1.29, 1.82) is 0 Å². The topological polar surface area (TPSA) is 80.2 Å². The Kier molecular flexibility index (Phi) is 6.40. The van der Waals surface area contributed by atoms with Gasteiger partial charge in [-0.1, -0.05) is 0 Å². The highest BCUT2D eigenvalue weighted by atomic mass is 19.1. The van der Waals surface area contributed by atoms with Gasteiger partial charge in [0, 0.05) is 35.0 Å². The van der Waals surface area contributed by atoms with Crippen molar-refractivity contribution >= 4 is 11.7 Å². The number of nitrogens with one attached hydrogen (secondary N) is 1. The van der Waals surface area contributed by atoms with Gasteiger partial charge >= 0.3 is 0 Å². The number of carbonyl (C=O) groups excluding carboxylic acids is 1. The Hall–Kier alpha value is -3.69. The lowest BCUT2D eigenvalue weighted by molar-refractivity contribution is 0.0787. The second kappa shape index (κ2) is 9.16. The molecule has 2 aromatic heterocycles. The summed E-state index contributed by atoms with van der Waals surface area (Å²) >= 11 is 0. The van der Waals surface area contributed by atoms with Gasteiger partial charge in [0.2, 0.25) is 5.88 Å². The number of nitrogens with zero attached hydrogens (tertiary/aromatic N) is 4. The molecule has 3 aromatic rings. The van der Waals surface area contributed by atoms with E-state index in [9.17, 15) is 9.18 Å². The molecule has 1 atom stereocenters. The molecular weight excluding hydrogens is 459 g/mol. The fourth-order valence-corrected chi connectivity index (χ4v) is 4.13. The third-order valence-corrected chi connectivity index (χ3v) is 6.08. The van der Waals surface area contributed by atoms with Crippen LogP contribution in [0.3, 0.4) is 0 Å². The summed E-state index contributed by atoms with van der Waals surface area (Å²) in [6, 6.07) is 4.38. The van der Waals surface area contributed by atoms with Crippen molar-refractivity contribution in [3.05, 3.63) is 64.4 Å². The van der Waals surface area contributed by atoms with E-state index >= 15 is 8.78 Å². The van der Waals surface area contributed by atoms with Gasteiger partial charge < -0.3 is 15.0 Å². The van der Waals surface area contributed by atoms with Crippen molar-refractivity contribution in [2.75, 3.05) is 19.0 Å². The van der Waals surface area contributed by atoms with E-state index in [1.807, 2.05) is 6.92 Å². The molecule has 184 valence electrons. The molecule has 0 aliphatic carbocycles. The number of ether oxygens (including phenoxy) is 1. The van der Waals surface area contributed by atoms with E-state index in [2.05, 4.69) is 20.5 Å². The summed E-state index contributed by atoms with van der Waals surface area (Å²) in [7, 11) is 1.33. The number of anilines is 1. The van der Waals surface area contributed by atoms with Gasteiger partial charge in [0.25, 0.3) is 5.91 Å². The zero-order valence-electron chi connectivity index (χ0n) is 20.1. The molecule has 0 spiro atoms. The van der Waals surface area contributed by atoms with Crippen LogP contribution < -0.4 is 10.1 Å². The van der Waals surface area contributed by atoms with Crippen LogP contribution in [0.4, 0.5) is 19.0 Å². The number of methoxy groups -OCH3 is 1. The second-order valence-corrected chi connectivity index (χ2v) is 8.85. The molecular formula is C25H26F3N5O2. The van der Waals surface area contributed by atoms with Crippen LogP contribution >= 0.6 is 0 Å². The molecule has 0 saturated heterocycles. The van der Waals surface area contributed by atoms with Gasteiger partial charge in [0.05, 0.1) is 31.0 Å². The number of rotatable bonds is 7. The number of aromatic nitrogens is 3. The van der Waals surface area contributed by atoms with Crippen molar-refractivity contribution in [3.8, 4) is 17.1 Å². The number of benzene rings is 1. The maximum Gasteiger partial charge on any atom is 0.254 e. The summed E-state index contributed by atoms with van der Waals surface area (Å²) < 4.78 is 50.0. The van der Waals surface area contributed by atoms with Crippen LogP contribution in [0.25, 0.3) is 11.3 Å². The Labute approximate surface area is 201 Å². The molecule has 0 radical (unpaired) electrons. The first kappa shape index (κ1) is 24.4. The summed E-state index contributed by atoms with van der Waals surface area (Å²) in [5.41, 5.74) is -0.598. The van der Waals surface area contributed by atoms with E-state index in [1.165, 1.54) is 33.2 Å². The summed E-state index contributed by atoms with van der Waals surface area (Å²) in [5.74, 6) is -1.09. The number of halogens is 3. The van der Waals surface area contributed by atoms with Crippen LogP contribution in [0.5, 0.6) is 5.88 Å². The summed E-state index contributed by atoms with van der Waals surface area (Å²) in [6.45, 7) is 7.13. The van der Waals surface area contributed by atoms with Crippen LogP contribution in [0.15, 0.2) is 30.5 Å². The molecule has 1 unspecified atom stereocenters. The highest BCUT2D eigenvalue weighted by molar-refractivity contribution is 5.99. The molecule has 35 heavy (non-hydrogen) atoms. The molecule has 1 aliphatic rings. The zero-order valence-corrected chi connectivity index (χ0v) is 20.1. The summed E-state index contributed by atoms with van der Waals surface area (Å²) in [6.07, 6.45) is 1.51. The number of hydrogen-bond acceptors (Lipinski definition) is 6. The molecule has 10 heteroatoms. The monoisotopic (exact) mass is 485 g/mol. The van der Waals surface area contributed by atoms with Crippen LogP contribution in [0, 0.1) is 11.6 Å². The predicted octanol–water partition coefficient (Wildman–Crippen LogP) is 5.18. The van der Waals surface area contributed by atoms with E-state index < -0.39 is 23.3 Å². The minimum atomic E-state index is -1.83. The van der Waals surface area contributed by atoms with Gasteiger partial charge in [-0.3, -0.25) is 4.79 Å². The van der Waals surface area contributed by atoms with Crippen molar-refractivity contribution in [1.82, 2.24) is 20.1 Å². The number of carbonyl (C=O) groups is 1. The minimum absolute atomic E-state index is 0.0178. The van der Waals surface area contributed by atoms with E-state index in [4.69, 9.17) is 4.74 Å². The Balaban J connectivity index is 1.65.